The zero-order chi connectivity index (χ0) is 10.1. The van der Waals surface area contributed by atoms with Gasteiger partial charge in [0.05, 0.1) is 0 Å². The Balaban J connectivity index is 3.08. The highest BCUT2D eigenvalue weighted by Gasteiger charge is 2.26. The molecule has 13 heavy (non-hydrogen) atoms. The van der Waals surface area contributed by atoms with Gasteiger partial charge in [-0.25, -0.2) is 0 Å². The van der Waals surface area contributed by atoms with E-state index in [2.05, 4.69) is 5.73 Å². The van der Waals surface area contributed by atoms with Crippen LogP contribution >= 0.6 is 0 Å². The van der Waals surface area contributed by atoms with Gasteiger partial charge in [0.2, 0.25) is 0 Å². The highest BCUT2D eigenvalue weighted by Crippen LogP contribution is 2.15. The van der Waals surface area contributed by atoms with Crippen molar-refractivity contribution < 1.29 is 15.6 Å². The molecule has 0 aliphatic rings. The number of hydrogen-bond acceptors (Lipinski definition) is 2. The van der Waals surface area contributed by atoms with Crippen LogP contribution in [0, 0.1) is 6.92 Å². The highest BCUT2D eigenvalue weighted by molar-refractivity contribution is 5.76. The Labute approximate surface area is 77.2 Å². The van der Waals surface area contributed by atoms with Crippen LogP contribution in [0.2, 0.25) is 0 Å². The van der Waals surface area contributed by atoms with Crippen LogP contribution in [0.25, 0.3) is 0 Å². The minimum Gasteiger partial charge on any atom is -0.543 e. The van der Waals surface area contributed by atoms with E-state index in [1.165, 1.54) is 6.92 Å². The fourth-order valence-electron chi connectivity index (χ4n) is 1.04. The van der Waals surface area contributed by atoms with E-state index in [4.69, 9.17) is 0 Å². The number of carboxylic acid groups (broad SMARTS) is 1. The van der Waals surface area contributed by atoms with E-state index in [0.717, 1.165) is 5.56 Å². The molecule has 0 saturated carbocycles. The van der Waals surface area contributed by atoms with Gasteiger partial charge in [-0.1, -0.05) is 29.8 Å². The zero-order valence-electron chi connectivity index (χ0n) is 7.83. The third-order valence-corrected chi connectivity index (χ3v) is 2.14. The van der Waals surface area contributed by atoms with Crippen LogP contribution in [0.15, 0.2) is 24.3 Å². The zero-order valence-corrected chi connectivity index (χ0v) is 7.83. The maximum atomic E-state index is 10.7. The molecule has 0 heterocycles. The van der Waals surface area contributed by atoms with E-state index in [1.54, 1.807) is 12.1 Å². The molecule has 0 unspecified atom stereocenters. The second kappa shape index (κ2) is 3.18. The Bertz CT molecular complexity index is 314. The summed E-state index contributed by atoms with van der Waals surface area (Å²) in [6.07, 6.45) is 0. The molecule has 3 N–H and O–H groups in total. The van der Waals surface area contributed by atoms with E-state index in [0.29, 0.717) is 5.56 Å². The average Bonchev–Trinajstić information content (AvgIpc) is 2.04. The summed E-state index contributed by atoms with van der Waals surface area (Å²) in [5.41, 5.74) is 4.21. The molecule has 0 fully saturated rings. The third kappa shape index (κ3) is 1.87. The Morgan fingerprint density at radius 2 is 1.85 bits per heavy atom. The summed E-state index contributed by atoms with van der Waals surface area (Å²) in [5.74, 6) is -1.16. The number of hydrogen-bond donors (Lipinski definition) is 1. The van der Waals surface area contributed by atoms with Crippen molar-refractivity contribution in [1.29, 1.82) is 0 Å². The quantitative estimate of drug-likeness (QED) is 0.646. The molecule has 1 aromatic carbocycles. The first-order valence-corrected chi connectivity index (χ1v) is 4.08. The number of carboxylic acids is 1. The van der Waals surface area contributed by atoms with E-state index < -0.39 is 11.5 Å². The maximum Gasteiger partial charge on any atom is 0.157 e. The number of carbonyl (C=O) groups excluding carboxylic acids is 1. The average molecular weight is 179 g/mol. The fraction of sp³-hybridized carbons (Fsp3) is 0.300. The van der Waals surface area contributed by atoms with E-state index >= 15 is 0 Å². The molecular weight excluding hydrogens is 166 g/mol. The first-order chi connectivity index (χ1) is 5.94. The fourth-order valence-corrected chi connectivity index (χ4v) is 1.04. The van der Waals surface area contributed by atoms with Crippen LogP contribution in [-0.2, 0) is 10.3 Å². The second-order valence-electron chi connectivity index (χ2n) is 3.49. The smallest absolute Gasteiger partial charge is 0.157 e. The molecule has 1 atom stereocenters. The van der Waals surface area contributed by atoms with Gasteiger partial charge in [0, 0.05) is 12.5 Å². The molecule has 0 spiro atoms. The van der Waals surface area contributed by atoms with Crippen LogP contribution < -0.4 is 10.8 Å². The summed E-state index contributed by atoms with van der Waals surface area (Å²) in [6.45, 7) is 3.48. The van der Waals surface area contributed by atoms with E-state index in [9.17, 15) is 9.90 Å². The lowest BCUT2D eigenvalue weighted by Crippen LogP contribution is -2.75. The summed E-state index contributed by atoms with van der Waals surface area (Å²) < 4.78 is 0. The molecule has 70 valence electrons. The predicted octanol–water partition coefficient (Wildman–Crippen LogP) is -0.798. The first kappa shape index (κ1) is 9.74. The minimum absolute atomic E-state index is 0.665. The van der Waals surface area contributed by atoms with Gasteiger partial charge in [-0.15, -0.1) is 0 Å². The normalized spacial score (nSPS) is 15.0. The van der Waals surface area contributed by atoms with E-state index in [-0.39, 0.29) is 0 Å². The topological polar surface area (TPSA) is 67.8 Å². The van der Waals surface area contributed by atoms with Gasteiger partial charge >= 0.3 is 0 Å². The number of benzene rings is 1. The minimum atomic E-state index is -1.16. The van der Waals surface area contributed by atoms with Gasteiger partial charge < -0.3 is 15.6 Å². The van der Waals surface area contributed by atoms with Crippen LogP contribution in [0.3, 0.4) is 0 Å². The van der Waals surface area contributed by atoms with Gasteiger partial charge in [-0.2, -0.15) is 0 Å². The summed E-state index contributed by atoms with van der Waals surface area (Å²) in [7, 11) is 0. The van der Waals surface area contributed by atoms with Gasteiger partial charge in [-0.3, -0.25) is 0 Å². The van der Waals surface area contributed by atoms with Crippen molar-refractivity contribution in [2.75, 3.05) is 0 Å². The van der Waals surface area contributed by atoms with Gasteiger partial charge in [-0.05, 0) is 6.92 Å². The monoisotopic (exact) mass is 179 g/mol. The molecule has 0 bridgehead atoms. The number of aryl methyl sites for hydroxylation is 1. The predicted molar refractivity (Wildman–Crippen MR) is 46.4 cm³/mol. The highest BCUT2D eigenvalue weighted by atomic mass is 16.4. The molecule has 1 aromatic rings. The van der Waals surface area contributed by atoms with Crippen LogP contribution in [-0.4, -0.2) is 5.97 Å². The summed E-state index contributed by atoms with van der Waals surface area (Å²) in [4.78, 5) is 10.7. The molecular formula is C10H13NO2. The molecule has 0 aromatic heterocycles. The van der Waals surface area contributed by atoms with Crippen molar-refractivity contribution in [3.63, 3.8) is 0 Å². The van der Waals surface area contributed by atoms with E-state index in [1.807, 2.05) is 19.1 Å². The van der Waals surface area contributed by atoms with Crippen molar-refractivity contribution in [2.45, 2.75) is 19.4 Å². The lowest BCUT2D eigenvalue weighted by atomic mass is 9.93. The lowest BCUT2D eigenvalue weighted by molar-refractivity contribution is -0.489. The van der Waals surface area contributed by atoms with Crippen LogP contribution in [0.4, 0.5) is 0 Å². The summed E-state index contributed by atoms with van der Waals surface area (Å²) in [6, 6.07) is 7.25. The Kier molecular flexibility index (Phi) is 2.38. The Morgan fingerprint density at radius 3 is 2.23 bits per heavy atom. The molecule has 3 heteroatoms. The number of rotatable bonds is 2. The molecule has 1 rings (SSSR count). The van der Waals surface area contributed by atoms with Gasteiger partial charge in [0.15, 0.2) is 5.54 Å². The van der Waals surface area contributed by atoms with Crippen molar-refractivity contribution in [2.24, 2.45) is 0 Å². The van der Waals surface area contributed by atoms with Crippen molar-refractivity contribution in [3.8, 4) is 0 Å². The number of quaternary nitrogens is 1. The van der Waals surface area contributed by atoms with Crippen molar-refractivity contribution >= 4 is 5.97 Å². The SMILES string of the molecule is Cc1ccc([C@](C)([NH3+])C(=O)[O-])cc1. The molecule has 0 saturated heterocycles. The van der Waals surface area contributed by atoms with Crippen LogP contribution in [0.1, 0.15) is 18.1 Å². The standard InChI is InChI=1S/C10H13NO2/c1-7-3-5-8(6-4-7)10(2,11)9(12)13/h3-6H,11H2,1-2H3,(H,12,13)/t10-/m0/s1. The Morgan fingerprint density at radius 1 is 1.38 bits per heavy atom. The van der Waals surface area contributed by atoms with Crippen LogP contribution in [0.5, 0.6) is 0 Å². The maximum absolute atomic E-state index is 10.7. The van der Waals surface area contributed by atoms with Crippen molar-refractivity contribution in [3.05, 3.63) is 35.4 Å². The van der Waals surface area contributed by atoms with Gasteiger partial charge in [0.25, 0.3) is 0 Å². The molecule has 3 nitrogen and oxygen atoms in total. The second-order valence-corrected chi connectivity index (χ2v) is 3.49. The molecule has 0 amide bonds. The summed E-state index contributed by atoms with van der Waals surface area (Å²) >= 11 is 0. The number of aliphatic carboxylic acids is 1. The lowest BCUT2D eigenvalue weighted by Gasteiger charge is -2.22. The Hall–Kier alpha value is -1.35. The summed E-state index contributed by atoms with van der Waals surface area (Å²) in [5, 5.41) is 10.7. The molecule has 0 aliphatic heterocycles. The molecule has 0 radical (unpaired) electrons. The van der Waals surface area contributed by atoms with Crippen molar-refractivity contribution in [1.82, 2.24) is 0 Å². The molecule has 0 aliphatic carbocycles. The first-order valence-electron chi connectivity index (χ1n) is 4.08. The van der Waals surface area contributed by atoms with Gasteiger partial charge in [0.1, 0.15) is 5.97 Å². The number of carbonyl (C=O) groups is 1. The third-order valence-electron chi connectivity index (χ3n) is 2.14. The largest absolute Gasteiger partial charge is 0.543 e.